The standard InChI is InChI=1S/C24H31N5O2/c1-5-6-18(11-23-16(2)27-14-24(28-23)22(26)13-25)29(15-17-7-8-17)19-9-20(30-3)12-21(10-19)31-4/h6,9-14,16-17,25-26H,5,7-8,15H2,1-4H3/b18-6+,23-11+,25-13?,26-22?. The van der Waals surface area contributed by atoms with E-state index in [1.165, 1.54) is 12.8 Å². The maximum atomic E-state index is 7.92. The minimum Gasteiger partial charge on any atom is -0.497 e. The number of ether oxygens (including phenoxy) is 2. The molecule has 0 aromatic heterocycles. The summed E-state index contributed by atoms with van der Waals surface area (Å²) in [4.78, 5) is 11.4. The fraction of sp³-hybridized carbons (Fsp3) is 0.417. The Morgan fingerprint density at radius 1 is 1.19 bits per heavy atom. The summed E-state index contributed by atoms with van der Waals surface area (Å²) in [6.45, 7) is 5.00. The van der Waals surface area contributed by atoms with Gasteiger partial charge in [0.05, 0.1) is 31.7 Å². The van der Waals surface area contributed by atoms with Gasteiger partial charge >= 0.3 is 0 Å². The van der Waals surface area contributed by atoms with E-state index in [9.17, 15) is 0 Å². The molecule has 2 aliphatic rings. The van der Waals surface area contributed by atoms with E-state index in [-0.39, 0.29) is 11.8 Å². The molecule has 0 radical (unpaired) electrons. The molecule has 1 aliphatic heterocycles. The second kappa shape index (κ2) is 10.2. The summed E-state index contributed by atoms with van der Waals surface area (Å²) < 4.78 is 11.0. The highest BCUT2D eigenvalue weighted by atomic mass is 16.5. The first-order valence-electron chi connectivity index (χ1n) is 10.6. The van der Waals surface area contributed by atoms with Crippen LogP contribution in [-0.2, 0) is 0 Å². The molecule has 164 valence electrons. The van der Waals surface area contributed by atoms with Crippen LogP contribution in [0.4, 0.5) is 5.69 Å². The van der Waals surface area contributed by atoms with Crippen molar-refractivity contribution in [2.24, 2.45) is 15.9 Å². The Labute approximate surface area is 184 Å². The summed E-state index contributed by atoms with van der Waals surface area (Å²) >= 11 is 0. The summed E-state index contributed by atoms with van der Waals surface area (Å²) in [5.74, 6) is 2.14. The number of anilines is 1. The molecule has 0 spiro atoms. The predicted molar refractivity (Wildman–Crippen MR) is 128 cm³/mol. The van der Waals surface area contributed by atoms with E-state index in [4.69, 9.17) is 20.3 Å². The Balaban J connectivity index is 2.05. The van der Waals surface area contributed by atoms with Crippen LogP contribution in [0.2, 0.25) is 0 Å². The van der Waals surface area contributed by atoms with Crippen LogP contribution in [-0.4, -0.2) is 50.7 Å². The van der Waals surface area contributed by atoms with Crippen molar-refractivity contribution in [2.75, 3.05) is 25.7 Å². The van der Waals surface area contributed by atoms with Crippen molar-refractivity contribution in [2.45, 2.75) is 39.2 Å². The molecule has 31 heavy (non-hydrogen) atoms. The van der Waals surface area contributed by atoms with Gasteiger partial charge in [-0.1, -0.05) is 13.0 Å². The molecule has 1 atom stereocenters. The topological polar surface area (TPSA) is 94.1 Å². The van der Waals surface area contributed by atoms with E-state index in [1.54, 1.807) is 20.4 Å². The van der Waals surface area contributed by atoms with Crippen molar-refractivity contribution < 1.29 is 9.47 Å². The lowest BCUT2D eigenvalue weighted by Crippen LogP contribution is -2.26. The lowest BCUT2D eigenvalue weighted by Gasteiger charge is -2.28. The molecular formula is C24H31N5O2. The molecule has 0 amide bonds. The van der Waals surface area contributed by atoms with Gasteiger partial charge in [-0.05, 0) is 38.2 Å². The van der Waals surface area contributed by atoms with Crippen LogP contribution >= 0.6 is 0 Å². The maximum absolute atomic E-state index is 7.92. The van der Waals surface area contributed by atoms with E-state index in [1.807, 2.05) is 25.1 Å². The fourth-order valence-corrected chi connectivity index (χ4v) is 3.35. The van der Waals surface area contributed by atoms with Gasteiger partial charge in [0, 0.05) is 48.6 Å². The molecule has 0 saturated heterocycles. The third-order valence-electron chi connectivity index (χ3n) is 5.32. The van der Waals surface area contributed by atoms with E-state index < -0.39 is 0 Å². The number of methoxy groups -OCH3 is 2. The SMILES string of the molecule is CC/C=C(\C=C1\N=C(C(=N)C=N)C=NC1C)N(CC1CC1)c1cc(OC)cc(OC)c1. The van der Waals surface area contributed by atoms with Gasteiger partial charge in [-0.2, -0.15) is 0 Å². The van der Waals surface area contributed by atoms with Crippen molar-refractivity contribution in [1.82, 2.24) is 0 Å². The van der Waals surface area contributed by atoms with Crippen LogP contribution in [0.15, 0.2) is 51.7 Å². The molecule has 1 heterocycles. The van der Waals surface area contributed by atoms with E-state index in [0.29, 0.717) is 11.6 Å². The smallest absolute Gasteiger partial charge is 0.124 e. The summed E-state index contributed by atoms with van der Waals surface area (Å²) in [7, 11) is 3.32. The summed E-state index contributed by atoms with van der Waals surface area (Å²) in [6, 6.07) is 5.80. The molecule has 2 N–H and O–H groups in total. The first-order chi connectivity index (χ1) is 15.0. The highest BCUT2D eigenvalue weighted by Crippen LogP contribution is 2.37. The van der Waals surface area contributed by atoms with Gasteiger partial charge in [0.2, 0.25) is 0 Å². The number of hydrogen-bond acceptors (Lipinski definition) is 7. The average Bonchev–Trinajstić information content (AvgIpc) is 3.61. The van der Waals surface area contributed by atoms with E-state index in [2.05, 4.69) is 34.0 Å². The van der Waals surface area contributed by atoms with Gasteiger partial charge in [0.15, 0.2) is 0 Å². The second-order valence-corrected chi connectivity index (χ2v) is 7.74. The minimum atomic E-state index is -0.120. The first kappa shape index (κ1) is 22.5. The molecule has 1 fully saturated rings. The number of allylic oxidation sites excluding steroid dienone is 2. The van der Waals surface area contributed by atoms with Gasteiger partial charge in [-0.3, -0.25) is 10.4 Å². The van der Waals surface area contributed by atoms with Gasteiger partial charge < -0.3 is 19.8 Å². The van der Waals surface area contributed by atoms with E-state index >= 15 is 0 Å². The number of nitrogens with one attached hydrogen (secondary N) is 2. The zero-order chi connectivity index (χ0) is 22.4. The second-order valence-electron chi connectivity index (χ2n) is 7.74. The summed E-state index contributed by atoms with van der Waals surface area (Å²) in [6.07, 6.45) is 10.1. The van der Waals surface area contributed by atoms with Crippen LogP contribution in [0.3, 0.4) is 0 Å². The predicted octanol–water partition coefficient (Wildman–Crippen LogP) is 4.68. The molecule has 1 aliphatic carbocycles. The number of aliphatic imine (C=N–C) groups is 2. The zero-order valence-corrected chi connectivity index (χ0v) is 18.7. The van der Waals surface area contributed by atoms with Crippen LogP contribution in [0.1, 0.15) is 33.1 Å². The summed E-state index contributed by atoms with van der Waals surface area (Å²) in [5.41, 5.74) is 3.28. The molecule has 3 rings (SSSR count). The normalized spacial score (nSPS) is 19.7. The monoisotopic (exact) mass is 421 g/mol. The Morgan fingerprint density at radius 2 is 1.87 bits per heavy atom. The van der Waals surface area contributed by atoms with Crippen molar-refractivity contribution in [3.8, 4) is 11.5 Å². The number of benzene rings is 1. The number of nitrogens with zero attached hydrogens (tertiary/aromatic N) is 3. The largest absolute Gasteiger partial charge is 0.497 e. The molecule has 1 aromatic carbocycles. The van der Waals surface area contributed by atoms with Crippen LogP contribution < -0.4 is 14.4 Å². The molecule has 7 heteroatoms. The van der Waals surface area contributed by atoms with Crippen molar-refractivity contribution in [3.63, 3.8) is 0 Å². The highest BCUT2D eigenvalue weighted by Gasteiger charge is 2.27. The highest BCUT2D eigenvalue weighted by molar-refractivity contribution is 6.74. The summed E-state index contributed by atoms with van der Waals surface area (Å²) in [5, 5.41) is 15.3. The minimum absolute atomic E-state index is 0.0509. The third-order valence-corrected chi connectivity index (χ3v) is 5.32. The molecular weight excluding hydrogens is 390 g/mol. The Kier molecular flexibility index (Phi) is 7.39. The Bertz CT molecular complexity index is 934. The van der Waals surface area contributed by atoms with Gasteiger partial charge in [0.1, 0.15) is 17.2 Å². The van der Waals surface area contributed by atoms with Crippen molar-refractivity contribution >= 4 is 29.5 Å². The van der Waals surface area contributed by atoms with Gasteiger partial charge in [-0.15, -0.1) is 0 Å². The zero-order valence-electron chi connectivity index (χ0n) is 18.7. The lowest BCUT2D eigenvalue weighted by atomic mass is 10.1. The average molecular weight is 422 g/mol. The van der Waals surface area contributed by atoms with Crippen molar-refractivity contribution in [3.05, 3.63) is 41.7 Å². The first-order valence-corrected chi connectivity index (χ1v) is 10.6. The fourth-order valence-electron chi connectivity index (χ4n) is 3.35. The van der Waals surface area contributed by atoms with Crippen LogP contribution in [0, 0.1) is 16.7 Å². The number of hydrogen-bond donors (Lipinski definition) is 2. The molecule has 1 aromatic rings. The molecule has 0 bridgehead atoms. The van der Waals surface area contributed by atoms with Crippen LogP contribution in [0.25, 0.3) is 0 Å². The third kappa shape index (κ3) is 5.69. The number of rotatable bonds is 10. The molecule has 7 nitrogen and oxygen atoms in total. The maximum Gasteiger partial charge on any atom is 0.124 e. The van der Waals surface area contributed by atoms with Gasteiger partial charge in [-0.25, -0.2) is 4.99 Å². The Hall–Kier alpha value is -3.22. The quantitative estimate of drug-likeness (QED) is 0.537. The van der Waals surface area contributed by atoms with Crippen molar-refractivity contribution in [1.29, 1.82) is 10.8 Å². The molecule has 1 saturated carbocycles. The lowest BCUT2D eigenvalue weighted by molar-refractivity contribution is 0.394. The van der Waals surface area contributed by atoms with Gasteiger partial charge in [0.25, 0.3) is 0 Å². The van der Waals surface area contributed by atoms with Crippen LogP contribution in [0.5, 0.6) is 11.5 Å². The van der Waals surface area contributed by atoms with E-state index in [0.717, 1.165) is 47.8 Å². The Morgan fingerprint density at radius 3 is 2.42 bits per heavy atom. The molecule has 1 unspecified atom stereocenters.